The van der Waals surface area contributed by atoms with E-state index in [9.17, 15) is 0 Å². The molecule has 0 saturated carbocycles. The standard InChI is InChI=1S/C10H12N4/c1-7-3-4-8(2)9(5-7)14-10(11)12-6-13-14/h3-6H,1-2H3,(H2,11,12,13). The normalized spacial score (nSPS) is 10.4. The minimum atomic E-state index is 0.415. The fraction of sp³-hybridized carbons (Fsp3) is 0.200. The molecule has 1 aromatic carbocycles. The van der Waals surface area contributed by atoms with E-state index in [2.05, 4.69) is 16.1 Å². The Bertz CT molecular complexity index is 459. The van der Waals surface area contributed by atoms with E-state index >= 15 is 0 Å². The summed E-state index contributed by atoms with van der Waals surface area (Å²) in [6, 6.07) is 6.15. The second-order valence-corrected chi connectivity index (χ2v) is 3.32. The lowest BCUT2D eigenvalue weighted by Gasteiger charge is -2.07. The van der Waals surface area contributed by atoms with Crippen molar-refractivity contribution in [2.75, 3.05) is 5.73 Å². The summed E-state index contributed by atoms with van der Waals surface area (Å²) in [5.74, 6) is 0.415. The van der Waals surface area contributed by atoms with Crippen molar-refractivity contribution in [3.8, 4) is 5.69 Å². The van der Waals surface area contributed by atoms with E-state index in [-0.39, 0.29) is 0 Å². The lowest BCUT2D eigenvalue weighted by molar-refractivity contribution is 0.881. The molecule has 0 bridgehead atoms. The molecule has 0 aliphatic carbocycles. The van der Waals surface area contributed by atoms with E-state index < -0.39 is 0 Å². The molecule has 72 valence electrons. The summed E-state index contributed by atoms with van der Waals surface area (Å²) in [5.41, 5.74) is 8.98. The van der Waals surface area contributed by atoms with Gasteiger partial charge in [0.1, 0.15) is 6.33 Å². The molecule has 1 heterocycles. The summed E-state index contributed by atoms with van der Waals surface area (Å²) in [6.07, 6.45) is 1.46. The van der Waals surface area contributed by atoms with Gasteiger partial charge in [0, 0.05) is 0 Å². The number of nitrogens with zero attached hydrogens (tertiary/aromatic N) is 3. The second-order valence-electron chi connectivity index (χ2n) is 3.32. The lowest BCUT2D eigenvalue weighted by atomic mass is 10.1. The average Bonchev–Trinajstić information content (AvgIpc) is 2.56. The third kappa shape index (κ3) is 1.35. The Morgan fingerprint density at radius 3 is 2.71 bits per heavy atom. The first kappa shape index (κ1) is 8.74. The van der Waals surface area contributed by atoms with Crippen LogP contribution in [0.3, 0.4) is 0 Å². The average molecular weight is 188 g/mol. The van der Waals surface area contributed by atoms with Crippen LogP contribution in [0.15, 0.2) is 24.5 Å². The van der Waals surface area contributed by atoms with E-state index in [4.69, 9.17) is 5.73 Å². The summed E-state index contributed by atoms with van der Waals surface area (Å²) in [5, 5.41) is 4.07. The molecule has 0 saturated heterocycles. The van der Waals surface area contributed by atoms with Gasteiger partial charge in [0.25, 0.3) is 0 Å². The molecule has 0 fully saturated rings. The SMILES string of the molecule is Cc1ccc(C)c(-n2ncnc2N)c1. The molecular formula is C10H12N4. The van der Waals surface area contributed by atoms with E-state index in [1.165, 1.54) is 11.9 Å². The molecule has 4 nitrogen and oxygen atoms in total. The van der Waals surface area contributed by atoms with Crippen molar-refractivity contribution in [3.05, 3.63) is 35.7 Å². The van der Waals surface area contributed by atoms with Crippen LogP contribution in [0.25, 0.3) is 5.69 Å². The van der Waals surface area contributed by atoms with Gasteiger partial charge >= 0.3 is 0 Å². The van der Waals surface area contributed by atoms with Gasteiger partial charge in [0.2, 0.25) is 5.95 Å². The zero-order valence-corrected chi connectivity index (χ0v) is 8.23. The molecular weight excluding hydrogens is 176 g/mol. The van der Waals surface area contributed by atoms with Gasteiger partial charge in [-0.2, -0.15) is 14.8 Å². The predicted octanol–water partition coefficient (Wildman–Crippen LogP) is 1.47. The second kappa shape index (κ2) is 3.14. The van der Waals surface area contributed by atoms with Gasteiger partial charge in [0.05, 0.1) is 5.69 Å². The molecule has 1 aromatic heterocycles. The van der Waals surface area contributed by atoms with Crippen molar-refractivity contribution >= 4 is 5.95 Å². The number of nitrogen functional groups attached to an aromatic ring is 1. The van der Waals surface area contributed by atoms with E-state index in [0.29, 0.717) is 5.95 Å². The van der Waals surface area contributed by atoms with Gasteiger partial charge in [-0.3, -0.25) is 0 Å². The van der Waals surface area contributed by atoms with Gasteiger partial charge in [-0.15, -0.1) is 0 Å². The number of hydrogen-bond acceptors (Lipinski definition) is 3. The third-order valence-corrected chi connectivity index (χ3v) is 2.17. The van der Waals surface area contributed by atoms with Gasteiger partial charge in [-0.1, -0.05) is 12.1 Å². The van der Waals surface area contributed by atoms with Gasteiger partial charge in [-0.25, -0.2) is 0 Å². The van der Waals surface area contributed by atoms with Gasteiger partial charge in [0.15, 0.2) is 0 Å². The summed E-state index contributed by atoms with van der Waals surface area (Å²) in [4.78, 5) is 3.89. The van der Waals surface area contributed by atoms with Crippen molar-refractivity contribution in [1.82, 2.24) is 14.8 Å². The summed E-state index contributed by atoms with van der Waals surface area (Å²) >= 11 is 0. The predicted molar refractivity (Wildman–Crippen MR) is 55.2 cm³/mol. The van der Waals surface area contributed by atoms with Crippen LogP contribution >= 0.6 is 0 Å². The molecule has 14 heavy (non-hydrogen) atoms. The van der Waals surface area contributed by atoms with E-state index in [0.717, 1.165) is 11.3 Å². The fourth-order valence-electron chi connectivity index (χ4n) is 1.38. The zero-order valence-electron chi connectivity index (χ0n) is 8.23. The van der Waals surface area contributed by atoms with Crippen LogP contribution in [0.1, 0.15) is 11.1 Å². The Morgan fingerprint density at radius 2 is 2.07 bits per heavy atom. The van der Waals surface area contributed by atoms with E-state index in [1.54, 1.807) is 4.68 Å². The van der Waals surface area contributed by atoms with Crippen molar-refractivity contribution in [3.63, 3.8) is 0 Å². The summed E-state index contributed by atoms with van der Waals surface area (Å²) in [7, 11) is 0. The number of rotatable bonds is 1. The maximum absolute atomic E-state index is 5.68. The maximum Gasteiger partial charge on any atom is 0.223 e. The smallest absolute Gasteiger partial charge is 0.223 e. The van der Waals surface area contributed by atoms with Crippen molar-refractivity contribution in [1.29, 1.82) is 0 Å². The maximum atomic E-state index is 5.68. The van der Waals surface area contributed by atoms with Crippen LogP contribution in [-0.2, 0) is 0 Å². The molecule has 0 aliphatic rings. The first-order chi connectivity index (χ1) is 6.68. The van der Waals surface area contributed by atoms with E-state index in [1.807, 2.05) is 26.0 Å². The zero-order chi connectivity index (χ0) is 10.1. The van der Waals surface area contributed by atoms with Crippen LogP contribution in [0.5, 0.6) is 0 Å². The minimum Gasteiger partial charge on any atom is -0.368 e. The van der Waals surface area contributed by atoms with Crippen LogP contribution in [-0.4, -0.2) is 14.8 Å². The quantitative estimate of drug-likeness (QED) is 0.737. The summed E-state index contributed by atoms with van der Waals surface area (Å²) < 4.78 is 1.64. The Labute approximate surface area is 82.4 Å². The number of anilines is 1. The number of hydrogen-bond donors (Lipinski definition) is 1. The van der Waals surface area contributed by atoms with Crippen molar-refractivity contribution in [2.45, 2.75) is 13.8 Å². The highest BCUT2D eigenvalue weighted by atomic mass is 15.4. The van der Waals surface area contributed by atoms with Crippen molar-refractivity contribution in [2.24, 2.45) is 0 Å². The fourth-order valence-corrected chi connectivity index (χ4v) is 1.38. The van der Waals surface area contributed by atoms with Gasteiger partial charge in [-0.05, 0) is 31.0 Å². The number of aromatic nitrogens is 3. The number of nitrogens with two attached hydrogens (primary N) is 1. The highest BCUT2D eigenvalue weighted by Gasteiger charge is 2.05. The third-order valence-electron chi connectivity index (χ3n) is 2.17. The molecule has 0 radical (unpaired) electrons. The molecule has 4 heteroatoms. The van der Waals surface area contributed by atoms with Crippen LogP contribution < -0.4 is 5.73 Å². The number of aryl methyl sites for hydroxylation is 2. The molecule has 2 aromatic rings. The molecule has 2 rings (SSSR count). The molecule has 2 N–H and O–H groups in total. The highest BCUT2D eigenvalue weighted by Crippen LogP contribution is 2.16. The number of benzene rings is 1. The highest BCUT2D eigenvalue weighted by molar-refractivity contribution is 5.45. The molecule has 0 spiro atoms. The largest absolute Gasteiger partial charge is 0.368 e. The first-order valence-electron chi connectivity index (χ1n) is 4.41. The Kier molecular flexibility index (Phi) is 1.96. The first-order valence-corrected chi connectivity index (χ1v) is 4.41. The molecule has 0 amide bonds. The molecule has 0 atom stereocenters. The van der Waals surface area contributed by atoms with Crippen LogP contribution in [0.4, 0.5) is 5.95 Å². The summed E-state index contributed by atoms with van der Waals surface area (Å²) in [6.45, 7) is 4.06. The monoisotopic (exact) mass is 188 g/mol. The minimum absolute atomic E-state index is 0.415. The Hall–Kier alpha value is -1.84. The Morgan fingerprint density at radius 1 is 1.29 bits per heavy atom. The Balaban J connectivity index is 2.62. The topological polar surface area (TPSA) is 56.7 Å². The lowest BCUT2D eigenvalue weighted by Crippen LogP contribution is -2.04. The van der Waals surface area contributed by atoms with Crippen LogP contribution in [0, 0.1) is 13.8 Å². The van der Waals surface area contributed by atoms with Crippen LogP contribution in [0.2, 0.25) is 0 Å². The van der Waals surface area contributed by atoms with Crippen molar-refractivity contribution < 1.29 is 0 Å². The molecule has 0 unspecified atom stereocenters. The molecule has 0 aliphatic heterocycles. The van der Waals surface area contributed by atoms with Gasteiger partial charge < -0.3 is 5.73 Å².